The topological polar surface area (TPSA) is 86.3 Å². The van der Waals surface area contributed by atoms with Crippen LogP contribution in [0.2, 0.25) is 5.02 Å². The molecule has 0 saturated carbocycles. The molecule has 0 spiro atoms. The molecule has 1 amide bonds. The number of nitrogens with one attached hydrogen (secondary N) is 2. The first kappa shape index (κ1) is 23.6. The number of carbonyl (C=O) groups excluding carboxylic acids is 1. The van der Waals surface area contributed by atoms with Crippen molar-refractivity contribution in [3.63, 3.8) is 0 Å². The number of rotatable bonds is 6. The van der Waals surface area contributed by atoms with Gasteiger partial charge in [0, 0.05) is 57.1 Å². The van der Waals surface area contributed by atoms with Crippen molar-refractivity contribution in [1.29, 1.82) is 0 Å². The van der Waals surface area contributed by atoms with Gasteiger partial charge in [0.25, 0.3) is 0 Å². The van der Waals surface area contributed by atoms with Crippen molar-refractivity contribution < 1.29 is 4.79 Å². The van der Waals surface area contributed by atoms with Crippen LogP contribution in [0, 0.1) is 0 Å². The highest BCUT2D eigenvalue weighted by atomic mass is 35.5. The largest absolute Gasteiger partial charge is 0.366 e. The van der Waals surface area contributed by atoms with E-state index in [1.54, 1.807) is 12.4 Å². The van der Waals surface area contributed by atoms with Crippen LogP contribution in [0.5, 0.6) is 0 Å². The van der Waals surface area contributed by atoms with Gasteiger partial charge in [-0.2, -0.15) is 0 Å². The summed E-state index contributed by atoms with van der Waals surface area (Å²) in [5, 5.41) is 6.89. The van der Waals surface area contributed by atoms with Gasteiger partial charge in [-0.25, -0.2) is 9.97 Å². The zero-order valence-electron chi connectivity index (χ0n) is 19.9. The van der Waals surface area contributed by atoms with Crippen LogP contribution in [0.15, 0.2) is 79.1 Å². The Labute approximate surface area is 215 Å². The molecular weight excluding hydrogens is 474 g/mol. The Morgan fingerprint density at radius 2 is 1.61 bits per heavy atom. The van der Waals surface area contributed by atoms with Gasteiger partial charge in [0.2, 0.25) is 5.91 Å². The lowest BCUT2D eigenvalue weighted by Gasteiger charge is -2.37. The van der Waals surface area contributed by atoms with E-state index >= 15 is 0 Å². The Bertz CT molecular complexity index is 1360. The first-order chi connectivity index (χ1) is 17.6. The van der Waals surface area contributed by atoms with Gasteiger partial charge in [-0.3, -0.25) is 9.78 Å². The van der Waals surface area contributed by atoms with E-state index in [1.165, 1.54) is 6.92 Å². The number of aromatic nitrogens is 3. The molecule has 2 N–H and O–H groups in total. The third-order valence-corrected chi connectivity index (χ3v) is 6.26. The van der Waals surface area contributed by atoms with Crippen molar-refractivity contribution >= 4 is 46.2 Å². The highest BCUT2D eigenvalue weighted by molar-refractivity contribution is 6.33. The summed E-state index contributed by atoms with van der Waals surface area (Å²) in [7, 11) is 0. The van der Waals surface area contributed by atoms with Gasteiger partial charge in [0.05, 0.1) is 22.1 Å². The lowest BCUT2D eigenvalue weighted by molar-refractivity contribution is -0.114. The number of hydrogen-bond acceptors (Lipinski definition) is 7. The minimum Gasteiger partial charge on any atom is -0.366 e. The standard InChI is InChI=1S/C27H26ClN7O/c1-19(36)30-23-10-4-5-11-24(23)34-13-15-35(16-14-34)26-17-25(31-22-9-3-2-8-21(22)28)32-27(33-26)20-7-6-12-29-18-20/h2-12,17-18H,13-16H2,1H3,(H,30,36)(H,31,32,33). The molecule has 2 aromatic heterocycles. The average Bonchev–Trinajstić information content (AvgIpc) is 2.90. The van der Waals surface area contributed by atoms with E-state index in [0.29, 0.717) is 16.7 Å². The van der Waals surface area contributed by atoms with Crippen LogP contribution < -0.4 is 20.4 Å². The van der Waals surface area contributed by atoms with Gasteiger partial charge in [0.1, 0.15) is 11.6 Å². The van der Waals surface area contributed by atoms with E-state index in [9.17, 15) is 4.79 Å². The minimum absolute atomic E-state index is 0.0800. The molecule has 0 aliphatic carbocycles. The highest BCUT2D eigenvalue weighted by Gasteiger charge is 2.22. The second kappa shape index (κ2) is 10.6. The molecular formula is C27H26ClN7O. The summed E-state index contributed by atoms with van der Waals surface area (Å²) in [5.74, 6) is 2.00. The van der Waals surface area contributed by atoms with Crippen LogP contribution in [0.1, 0.15) is 6.92 Å². The predicted molar refractivity (Wildman–Crippen MR) is 145 cm³/mol. The van der Waals surface area contributed by atoms with E-state index in [1.807, 2.05) is 66.7 Å². The molecule has 2 aromatic carbocycles. The molecule has 0 bridgehead atoms. The smallest absolute Gasteiger partial charge is 0.221 e. The van der Waals surface area contributed by atoms with Crippen molar-refractivity contribution in [3.05, 3.63) is 84.1 Å². The zero-order valence-corrected chi connectivity index (χ0v) is 20.6. The molecule has 4 aromatic rings. The van der Waals surface area contributed by atoms with E-state index in [2.05, 4.69) is 25.4 Å². The van der Waals surface area contributed by atoms with Crippen molar-refractivity contribution in [3.8, 4) is 11.4 Å². The Balaban J connectivity index is 1.40. The molecule has 8 nitrogen and oxygen atoms in total. The highest BCUT2D eigenvalue weighted by Crippen LogP contribution is 2.30. The monoisotopic (exact) mass is 499 g/mol. The molecule has 1 aliphatic heterocycles. The lowest BCUT2D eigenvalue weighted by Crippen LogP contribution is -2.47. The van der Waals surface area contributed by atoms with E-state index in [0.717, 1.165) is 54.6 Å². The van der Waals surface area contributed by atoms with Crippen LogP contribution in [-0.2, 0) is 4.79 Å². The summed E-state index contributed by atoms with van der Waals surface area (Å²) in [6.07, 6.45) is 3.49. The van der Waals surface area contributed by atoms with Gasteiger partial charge in [-0.15, -0.1) is 0 Å². The van der Waals surface area contributed by atoms with Crippen LogP contribution >= 0.6 is 11.6 Å². The SMILES string of the molecule is CC(=O)Nc1ccccc1N1CCN(c2cc(Nc3ccccc3Cl)nc(-c3cccnc3)n2)CC1. The van der Waals surface area contributed by atoms with Gasteiger partial charge >= 0.3 is 0 Å². The molecule has 3 heterocycles. The quantitative estimate of drug-likeness (QED) is 0.376. The maximum absolute atomic E-state index is 11.6. The lowest BCUT2D eigenvalue weighted by atomic mass is 10.2. The summed E-state index contributed by atoms with van der Waals surface area (Å²) in [4.78, 5) is 30.0. The number of nitrogens with zero attached hydrogens (tertiary/aromatic N) is 5. The number of carbonyl (C=O) groups is 1. The van der Waals surface area contributed by atoms with E-state index in [4.69, 9.17) is 21.6 Å². The summed E-state index contributed by atoms with van der Waals surface area (Å²) in [6.45, 7) is 4.64. The van der Waals surface area contributed by atoms with Gasteiger partial charge in [-0.1, -0.05) is 35.9 Å². The first-order valence-electron chi connectivity index (χ1n) is 11.7. The summed E-state index contributed by atoms with van der Waals surface area (Å²) in [6, 6.07) is 21.2. The van der Waals surface area contributed by atoms with Crippen molar-refractivity contribution in [1.82, 2.24) is 15.0 Å². The maximum Gasteiger partial charge on any atom is 0.221 e. The molecule has 9 heteroatoms. The fraction of sp³-hybridized carbons (Fsp3) is 0.185. The minimum atomic E-state index is -0.0800. The number of piperazine rings is 1. The number of pyridine rings is 1. The summed E-state index contributed by atoms with van der Waals surface area (Å²) in [5.41, 5.74) is 3.46. The molecule has 0 radical (unpaired) electrons. The third kappa shape index (κ3) is 5.39. The third-order valence-electron chi connectivity index (χ3n) is 5.93. The number of halogens is 1. The second-order valence-corrected chi connectivity index (χ2v) is 8.86. The van der Waals surface area contributed by atoms with Crippen LogP contribution in [0.3, 0.4) is 0 Å². The normalized spacial score (nSPS) is 13.4. The van der Waals surface area contributed by atoms with Crippen molar-refractivity contribution in [2.24, 2.45) is 0 Å². The molecule has 0 atom stereocenters. The van der Waals surface area contributed by atoms with Crippen molar-refractivity contribution in [2.75, 3.05) is 46.6 Å². The molecule has 1 saturated heterocycles. The van der Waals surface area contributed by atoms with Crippen LogP contribution in [0.4, 0.5) is 28.7 Å². The molecule has 5 rings (SSSR count). The number of amides is 1. The number of hydrogen-bond donors (Lipinski definition) is 2. The summed E-state index contributed by atoms with van der Waals surface area (Å²) >= 11 is 6.38. The van der Waals surface area contributed by atoms with Crippen LogP contribution in [-0.4, -0.2) is 47.0 Å². The maximum atomic E-state index is 11.6. The average molecular weight is 500 g/mol. The zero-order chi connectivity index (χ0) is 24.9. The van der Waals surface area contributed by atoms with Gasteiger partial charge in [-0.05, 0) is 36.4 Å². The fourth-order valence-electron chi connectivity index (χ4n) is 4.21. The Hall–Kier alpha value is -4.17. The Kier molecular flexibility index (Phi) is 6.95. The van der Waals surface area contributed by atoms with Crippen molar-refractivity contribution in [2.45, 2.75) is 6.92 Å². The van der Waals surface area contributed by atoms with E-state index in [-0.39, 0.29) is 5.91 Å². The number of benzene rings is 2. The second-order valence-electron chi connectivity index (χ2n) is 8.45. The predicted octanol–water partition coefficient (Wildman–Crippen LogP) is 5.22. The Morgan fingerprint density at radius 3 is 2.33 bits per heavy atom. The summed E-state index contributed by atoms with van der Waals surface area (Å²) < 4.78 is 0. The molecule has 0 unspecified atom stereocenters. The molecule has 1 aliphatic rings. The fourth-order valence-corrected chi connectivity index (χ4v) is 4.39. The number of anilines is 5. The van der Waals surface area contributed by atoms with Crippen LogP contribution in [0.25, 0.3) is 11.4 Å². The molecule has 1 fully saturated rings. The first-order valence-corrected chi connectivity index (χ1v) is 12.1. The van der Waals surface area contributed by atoms with Gasteiger partial charge < -0.3 is 20.4 Å². The Morgan fingerprint density at radius 1 is 0.889 bits per heavy atom. The molecule has 182 valence electrons. The number of para-hydroxylation sites is 3. The van der Waals surface area contributed by atoms with E-state index < -0.39 is 0 Å². The van der Waals surface area contributed by atoms with Gasteiger partial charge in [0.15, 0.2) is 5.82 Å². The molecule has 36 heavy (non-hydrogen) atoms.